The van der Waals surface area contributed by atoms with Crippen LogP contribution in [0.4, 0.5) is 4.39 Å². The van der Waals surface area contributed by atoms with Crippen molar-refractivity contribution in [2.75, 3.05) is 0 Å². The van der Waals surface area contributed by atoms with Crippen molar-refractivity contribution in [2.24, 2.45) is 0 Å². The number of nitrogens with zero attached hydrogens (tertiary/aromatic N) is 1. The summed E-state index contributed by atoms with van der Waals surface area (Å²) in [4.78, 5) is 3.77. The summed E-state index contributed by atoms with van der Waals surface area (Å²) in [6.45, 7) is 3.61. The van der Waals surface area contributed by atoms with Crippen LogP contribution in [0.25, 0.3) is 0 Å². The van der Waals surface area contributed by atoms with Crippen LogP contribution in [-0.4, -0.2) is 4.98 Å². The van der Waals surface area contributed by atoms with Crippen LogP contribution < -0.4 is 0 Å². The van der Waals surface area contributed by atoms with E-state index in [1.165, 1.54) is 12.4 Å². The van der Waals surface area contributed by atoms with Gasteiger partial charge in [0.15, 0.2) is 0 Å². The molecule has 1 rings (SSSR count). The Morgan fingerprint density at radius 3 is 2.90 bits per heavy atom. The van der Waals surface area contributed by atoms with Gasteiger partial charge in [0.2, 0.25) is 0 Å². The minimum absolute atomic E-state index is 0.551. The summed E-state index contributed by atoms with van der Waals surface area (Å²) < 4.78 is 11.4. The molecule has 1 radical (unpaired) electrons. The van der Waals surface area contributed by atoms with Crippen LogP contribution in [0.2, 0.25) is 0 Å². The molecule has 0 aliphatic heterocycles. The summed E-state index contributed by atoms with van der Waals surface area (Å²) in [6, 6.07) is 1.67. The van der Waals surface area contributed by atoms with Crippen LogP contribution in [0.5, 0.6) is 0 Å². The van der Waals surface area contributed by atoms with Crippen molar-refractivity contribution in [1.82, 2.24) is 4.98 Å². The quantitative estimate of drug-likeness (QED) is 0.490. The largest absolute Gasteiger partial charge is 0.263 e. The van der Waals surface area contributed by atoms with Crippen molar-refractivity contribution in [2.45, 2.75) is 0 Å². The van der Waals surface area contributed by atoms with Gasteiger partial charge in [-0.25, -0.2) is 0 Å². The first-order chi connectivity index (χ1) is 4.83. The molecule has 10 heavy (non-hydrogen) atoms. The topological polar surface area (TPSA) is 12.9 Å². The van der Waals surface area contributed by atoms with E-state index in [9.17, 15) is 4.39 Å². The molecular weight excluding hydrogens is 129 g/mol. The van der Waals surface area contributed by atoms with Gasteiger partial charge < -0.3 is 0 Å². The Hall–Kier alpha value is -1.36. The average molecular weight is 134 g/mol. The highest BCUT2D eigenvalue weighted by Crippen LogP contribution is 1.98. The number of rotatable bonds is 0. The number of pyridine rings is 1. The lowest BCUT2D eigenvalue weighted by Gasteiger charge is -1.89. The third kappa shape index (κ3) is 1.56. The molecule has 1 aromatic heterocycles. The molecule has 0 saturated carbocycles. The monoisotopic (exact) mass is 134 g/mol. The molecule has 1 heterocycles. The van der Waals surface area contributed by atoms with Gasteiger partial charge in [-0.05, 0) is 24.5 Å². The van der Waals surface area contributed by atoms with Crippen molar-refractivity contribution < 1.29 is 4.39 Å². The van der Waals surface area contributed by atoms with Gasteiger partial charge in [0.05, 0.1) is 0 Å². The standard InChI is InChI=1S/C8H5FN/c1-7-4-8(2-3-9)6-10-5-7/h4-6H,1H2. The van der Waals surface area contributed by atoms with Crippen molar-refractivity contribution in [3.63, 3.8) is 0 Å². The van der Waals surface area contributed by atoms with E-state index in [0.29, 0.717) is 5.56 Å². The number of hydrogen-bond donors (Lipinski definition) is 0. The van der Waals surface area contributed by atoms with E-state index in [0.717, 1.165) is 5.56 Å². The summed E-state index contributed by atoms with van der Waals surface area (Å²) >= 11 is 0. The predicted molar refractivity (Wildman–Crippen MR) is 36.7 cm³/mol. The fraction of sp³-hybridized carbons (Fsp3) is 0. The second-order valence-corrected chi connectivity index (χ2v) is 1.80. The third-order valence-corrected chi connectivity index (χ3v) is 0.986. The SMILES string of the molecule is [CH2]c1cncc(C#CF)c1. The van der Waals surface area contributed by atoms with Crippen LogP contribution in [0.15, 0.2) is 18.5 Å². The molecular formula is C8H5FN. The summed E-state index contributed by atoms with van der Waals surface area (Å²) in [5.41, 5.74) is 1.29. The zero-order valence-electron chi connectivity index (χ0n) is 5.26. The minimum atomic E-state index is 0.551. The fourth-order valence-corrected chi connectivity index (χ4v) is 0.610. The highest BCUT2D eigenvalue weighted by atomic mass is 19.1. The van der Waals surface area contributed by atoms with Gasteiger partial charge in [0, 0.05) is 18.0 Å². The van der Waals surface area contributed by atoms with Crippen LogP contribution in [-0.2, 0) is 0 Å². The van der Waals surface area contributed by atoms with E-state index in [4.69, 9.17) is 0 Å². The highest BCUT2D eigenvalue weighted by Gasteiger charge is 1.86. The molecule has 0 aliphatic rings. The van der Waals surface area contributed by atoms with E-state index in [1.807, 2.05) is 0 Å². The van der Waals surface area contributed by atoms with Crippen molar-refractivity contribution in [1.29, 1.82) is 0 Å². The van der Waals surface area contributed by atoms with Gasteiger partial charge >= 0.3 is 0 Å². The summed E-state index contributed by atoms with van der Waals surface area (Å²) in [7, 11) is 0. The molecule has 49 valence electrons. The van der Waals surface area contributed by atoms with E-state index in [1.54, 1.807) is 12.3 Å². The van der Waals surface area contributed by atoms with Crippen molar-refractivity contribution >= 4 is 0 Å². The Morgan fingerprint density at radius 2 is 2.30 bits per heavy atom. The maximum Gasteiger partial charge on any atom is 0.111 e. The second kappa shape index (κ2) is 2.98. The van der Waals surface area contributed by atoms with Gasteiger partial charge in [-0.2, -0.15) is 0 Å². The van der Waals surface area contributed by atoms with Crippen LogP contribution in [0.3, 0.4) is 0 Å². The lowest BCUT2D eigenvalue weighted by atomic mass is 10.2. The van der Waals surface area contributed by atoms with E-state index >= 15 is 0 Å². The van der Waals surface area contributed by atoms with Gasteiger partial charge in [-0.15, -0.1) is 4.39 Å². The summed E-state index contributed by atoms with van der Waals surface area (Å²) in [6.07, 6.45) is 4.37. The molecule has 0 unspecified atom stereocenters. The predicted octanol–water partition coefficient (Wildman–Crippen LogP) is 1.54. The molecule has 0 saturated heterocycles. The van der Waals surface area contributed by atoms with Gasteiger partial charge in [-0.3, -0.25) is 4.98 Å². The van der Waals surface area contributed by atoms with Crippen molar-refractivity contribution in [3.8, 4) is 12.1 Å². The lowest BCUT2D eigenvalue weighted by molar-refractivity contribution is 0.773. The van der Waals surface area contributed by atoms with E-state index in [-0.39, 0.29) is 0 Å². The van der Waals surface area contributed by atoms with Crippen LogP contribution in [0.1, 0.15) is 11.1 Å². The molecule has 1 aromatic rings. The highest BCUT2D eigenvalue weighted by molar-refractivity contribution is 5.33. The van der Waals surface area contributed by atoms with Gasteiger partial charge in [0.25, 0.3) is 0 Å². The molecule has 0 spiro atoms. The van der Waals surface area contributed by atoms with Gasteiger partial charge in [0.1, 0.15) is 6.17 Å². The fourth-order valence-electron chi connectivity index (χ4n) is 0.610. The summed E-state index contributed by atoms with van der Waals surface area (Å²) in [5.74, 6) is 2.23. The lowest BCUT2D eigenvalue weighted by Crippen LogP contribution is -1.79. The first kappa shape index (κ1) is 6.76. The molecule has 0 fully saturated rings. The maximum absolute atomic E-state index is 11.4. The Morgan fingerprint density at radius 1 is 1.50 bits per heavy atom. The zero-order chi connectivity index (χ0) is 7.40. The molecule has 0 aliphatic carbocycles. The first-order valence-electron chi connectivity index (χ1n) is 2.71. The number of halogens is 1. The number of hydrogen-bond acceptors (Lipinski definition) is 1. The Kier molecular flexibility index (Phi) is 2.01. The van der Waals surface area contributed by atoms with Crippen LogP contribution in [0, 0.1) is 19.0 Å². The Labute approximate surface area is 58.9 Å². The van der Waals surface area contributed by atoms with E-state index < -0.39 is 0 Å². The Balaban J connectivity index is 3.03. The molecule has 0 amide bonds. The smallest absolute Gasteiger partial charge is 0.111 e. The second-order valence-electron chi connectivity index (χ2n) is 1.80. The average Bonchev–Trinajstić information content (AvgIpc) is 1.88. The molecule has 0 aromatic carbocycles. The molecule has 0 N–H and O–H groups in total. The van der Waals surface area contributed by atoms with Crippen LogP contribution >= 0.6 is 0 Å². The molecule has 0 atom stereocenters. The zero-order valence-corrected chi connectivity index (χ0v) is 5.26. The molecule has 0 bridgehead atoms. The van der Waals surface area contributed by atoms with E-state index in [2.05, 4.69) is 17.8 Å². The van der Waals surface area contributed by atoms with Gasteiger partial charge in [-0.1, -0.05) is 0 Å². The molecule has 2 heteroatoms. The number of aromatic nitrogens is 1. The first-order valence-corrected chi connectivity index (χ1v) is 2.71. The van der Waals surface area contributed by atoms with Crippen molar-refractivity contribution in [3.05, 3.63) is 36.5 Å². The minimum Gasteiger partial charge on any atom is -0.263 e. The normalized spacial score (nSPS) is 8.20. The third-order valence-electron chi connectivity index (χ3n) is 0.986. The molecule has 1 nitrogen and oxygen atoms in total. The summed E-state index contributed by atoms with van der Waals surface area (Å²) in [5, 5.41) is 0. The maximum atomic E-state index is 11.4. The Bertz CT molecular complexity index is 283.